The highest BCUT2D eigenvalue weighted by molar-refractivity contribution is 5.80. The molecule has 0 aliphatic heterocycles. The third-order valence-electron chi connectivity index (χ3n) is 4.99. The van der Waals surface area contributed by atoms with E-state index in [0.29, 0.717) is 24.7 Å². The summed E-state index contributed by atoms with van der Waals surface area (Å²) in [5, 5.41) is 12.0. The van der Waals surface area contributed by atoms with Crippen LogP contribution in [0.1, 0.15) is 31.2 Å². The Balaban J connectivity index is 1.61. The molecule has 4 unspecified atom stereocenters. The Kier molecular flexibility index (Phi) is 4.79. The van der Waals surface area contributed by atoms with Gasteiger partial charge < -0.3 is 10.4 Å². The van der Waals surface area contributed by atoms with Gasteiger partial charge in [0.1, 0.15) is 0 Å². The summed E-state index contributed by atoms with van der Waals surface area (Å²) in [7, 11) is 0. The Hall–Kier alpha value is -2.10. The third kappa shape index (κ3) is 4.01. The number of hydrogen-bond donors (Lipinski definition) is 2. The number of carboxylic acid groups (broad SMARTS) is 1. The number of rotatable bonds is 7. The molecular weight excluding hydrogens is 290 g/mol. The van der Waals surface area contributed by atoms with Crippen LogP contribution in [0.2, 0.25) is 0 Å². The number of aliphatic carboxylic acids is 1. The van der Waals surface area contributed by atoms with Gasteiger partial charge in [0, 0.05) is 18.4 Å². The highest BCUT2D eigenvalue weighted by atomic mass is 16.4. The standard InChI is InChI=1S/C19H23NO3/c21-18(22)9-8-16(11-13-4-2-1-3-5-13)20-19(23)17-12-14-6-7-15(17)10-14/h1-7,14-17H,8-12H2,(H,20,23)(H,21,22). The quantitative estimate of drug-likeness (QED) is 0.761. The maximum Gasteiger partial charge on any atom is 0.303 e. The molecule has 0 heterocycles. The molecule has 4 atom stereocenters. The van der Waals surface area contributed by atoms with Gasteiger partial charge in [0.05, 0.1) is 0 Å². The smallest absolute Gasteiger partial charge is 0.303 e. The second-order valence-corrected chi connectivity index (χ2v) is 6.71. The van der Waals surface area contributed by atoms with Gasteiger partial charge in [-0.2, -0.15) is 0 Å². The summed E-state index contributed by atoms with van der Waals surface area (Å²) in [6.07, 6.45) is 7.64. The minimum absolute atomic E-state index is 0.0631. The molecule has 3 rings (SSSR count). The van der Waals surface area contributed by atoms with E-state index in [1.54, 1.807) is 0 Å². The van der Waals surface area contributed by atoms with Crippen molar-refractivity contribution in [3.05, 3.63) is 48.0 Å². The normalized spacial score (nSPS) is 26.2. The van der Waals surface area contributed by atoms with Crippen molar-refractivity contribution in [1.82, 2.24) is 5.32 Å². The number of amides is 1. The molecule has 2 bridgehead atoms. The van der Waals surface area contributed by atoms with Gasteiger partial charge in [-0.05, 0) is 43.1 Å². The van der Waals surface area contributed by atoms with Gasteiger partial charge in [-0.25, -0.2) is 0 Å². The highest BCUT2D eigenvalue weighted by Crippen LogP contribution is 2.43. The number of carboxylic acids is 1. The summed E-state index contributed by atoms with van der Waals surface area (Å²) in [4.78, 5) is 23.5. The first kappa shape index (κ1) is 15.8. The molecule has 2 N–H and O–H groups in total. The zero-order valence-corrected chi connectivity index (χ0v) is 13.2. The van der Waals surface area contributed by atoms with E-state index < -0.39 is 5.97 Å². The van der Waals surface area contributed by atoms with Gasteiger partial charge in [-0.15, -0.1) is 0 Å². The van der Waals surface area contributed by atoms with Crippen LogP contribution < -0.4 is 5.32 Å². The molecule has 1 amide bonds. The lowest BCUT2D eigenvalue weighted by atomic mass is 9.92. The first-order valence-electron chi connectivity index (χ1n) is 8.36. The molecule has 122 valence electrons. The summed E-state index contributed by atoms with van der Waals surface area (Å²) in [5.74, 6) is 0.264. The van der Waals surface area contributed by atoms with E-state index in [1.807, 2.05) is 30.3 Å². The van der Waals surface area contributed by atoms with Crippen molar-refractivity contribution in [3.63, 3.8) is 0 Å². The maximum absolute atomic E-state index is 12.6. The van der Waals surface area contributed by atoms with Crippen LogP contribution in [-0.4, -0.2) is 23.0 Å². The fraction of sp³-hybridized carbons (Fsp3) is 0.474. The number of carbonyl (C=O) groups excluding carboxylic acids is 1. The second-order valence-electron chi connectivity index (χ2n) is 6.71. The van der Waals surface area contributed by atoms with Crippen molar-refractivity contribution in [1.29, 1.82) is 0 Å². The maximum atomic E-state index is 12.6. The van der Waals surface area contributed by atoms with Crippen LogP contribution in [0.25, 0.3) is 0 Å². The van der Waals surface area contributed by atoms with E-state index in [9.17, 15) is 9.59 Å². The summed E-state index contributed by atoms with van der Waals surface area (Å²) in [6, 6.07) is 9.79. The van der Waals surface area contributed by atoms with Crippen LogP contribution in [-0.2, 0) is 16.0 Å². The Bertz CT molecular complexity index is 596. The lowest BCUT2D eigenvalue weighted by Crippen LogP contribution is -2.41. The fourth-order valence-electron chi connectivity index (χ4n) is 3.81. The average molecular weight is 313 g/mol. The number of benzene rings is 1. The van der Waals surface area contributed by atoms with Gasteiger partial charge in [0.15, 0.2) is 0 Å². The molecule has 0 saturated heterocycles. The van der Waals surface area contributed by atoms with Gasteiger partial charge >= 0.3 is 5.97 Å². The van der Waals surface area contributed by atoms with Crippen LogP contribution in [0.5, 0.6) is 0 Å². The number of allylic oxidation sites excluding steroid dienone is 2. The first-order valence-corrected chi connectivity index (χ1v) is 8.36. The minimum Gasteiger partial charge on any atom is -0.481 e. The molecule has 1 fully saturated rings. The molecule has 2 aliphatic carbocycles. The van der Waals surface area contributed by atoms with Crippen LogP contribution in [0.3, 0.4) is 0 Å². The summed E-state index contributed by atoms with van der Waals surface area (Å²) in [6.45, 7) is 0. The monoisotopic (exact) mass is 313 g/mol. The van der Waals surface area contributed by atoms with E-state index >= 15 is 0 Å². The van der Waals surface area contributed by atoms with Crippen LogP contribution in [0, 0.1) is 17.8 Å². The Morgan fingerprint density at radius 1 is 1.17 bits per heavy atom. The van der Waals surface area contributed by atoms with Crippen molar-refractivity contribution < 1.29 is 14.7 Å². The van der Waals surface area contributed by atoms with Crippen molar-refractivity contribution in [3.8, 4) is 0 Å². The third-order valence-corrected chi connectivity index (χ3v) is 4.99. The minimum atomic E-state index is -0.819. The Labute approximate surface area is 136 Å². The van der Waals surface area contributed by atoms with Crippen LogP contribution in [0.4, 0.5) is 0 Å². The van der Waals surface area contributed by atoms with E-state index in [4.69, 9.17) is 5.11 Å². The molecule has 0 spiro atoms. The SMILES string of the molecule is O=C(O)CCC(Cc1ccccc1)NC(=O)C1CC2C=CC1C2. The number of nitrogens with one attached hydrogen (secondary N) is 1. The molecular formula is C19H23NO3. The molecule has 23 heavy (non-hydrogen) atoms. The second kappa shape index (κ2) is 6.99. The van der Waals surface area contributed by atoms with E-state index in [0.717, 1.165) is 18.4 Å². The van der Waals surface area contributed by atoms with Crippen LogP contribution >= 0.6 is 0 Å². The molecule has 4 nitrogen and oxygen atoms in total. The van der Waals surface area contributed by atoms with E-state index in [2.05, 4.69) is 17.5 Å². The molecule has 0 radical (unpaired) electrons. The molecule has 1 saturated carbocycles. The Morgan fingerprint density at radius 3 is 2.57 bits per heavy atom. The first-order chi connectivity index (χ1) is 11.1. The molecule has 4 heteroatoms. The van der Waals surface area contributed by atoms with E-state index in [1.165, 1.54) is 0 Å². The van der Waals surface area contributed by atoms with Gasteiger partial charge in [0.2, 0.25) is 5.91 Å². The fourth-order valence-corrected chi connectivity index (χ4v) is 3.81. The number of carbonyl (C=O) groups is 2. The predicted octanol–water partition coefficient (Wildman–Crippen LogP) is 2.79. The van der Waals surface area contributed by atoms with Gasteiger partial charge in [-0.1, -0.05) is 42.5 Å². The zero-order chi connectivity index (χ0) is 16.2. The van der Waals surface area contributed by atoms with Gasteiger partial charge in [-0.3, -0.25) is 9.59 Å². The lowest BCUT2D eigenvalue weighted by Gasteiger charge is -2.23. The van der Waals surface area contributed by atoms with Crippen molar-refractivity contribution in [2.45, 2.75) is 38.1 Å². The Morgan fingerprint density at radius 2 is 1.96 bits per heavy atom. The number of hydrogen-bond acceptors (Lipinski definition) is 2. The lowest BCUT2D eigenvalue weighted by molar-refractivity contribution is -0.137. The van der Waals surface area contributed by atoms with Crippen molar-refractivity contribution >= 4 is 11.9 Å². The highest BCUT2D eigenvalue weighted by Gasteiger charge is 2.40. The zero-order valence-electron chi connectivity index (χ0n) is 13.2. The predicted molar refractivity (Wildman–Crippen MR) is 87.8 cm³/mol. The van der Waals surface area contributed by atoms with E-state index in [-0.39, 0.29) is 24.3 Å². The topological polar surface area (TPSA) is 66.4 Å². The molecule has 1 aromatic carbocycles. The molecule has 0 aromatic heterocycles. The van der Waals surface area contributed by atoms with Gasteiger partial charge in [0.25, 0.3) is 0 Å². The van der Waals surface area contributed by atoms with Crippen LogP contribution in [0.15, 0.2) is 42.5 Å². The van der Waals surface area contributed by atoms with Crippen molar-refractivity contribution in [2.24, 2.45) is 17.8 Å². The summed E-state index contributed by atoms with van der Waals surface area (Å²) >= 11 is 0. The summed E-state index contributed by atoms with van der Waals surface area (Å²) < 4.78 is 0. The summed E-state index contributed by atoms with van der Waals surface area (Å²) in [5.41, 5.74) is 1.12. The van der Waals surface area contributed by atoms with Crippen molar-refractivity contribution in [2.75, 3.05) is 0 Å². The largest absolute Gasteiger partial charge is 0.481 e. The number of fused-ring (bicyclic) bond motifs is 2. The average Bonchev–Trinajstić information content (AvgIpc) is 3.16. The molecule has 2 aliphatic rings. The molecule has 1 aromatic rings.